The van der Waals surface area contributed by atoms with Gasteiger partial charge in [-0.05, 0) is 38.0 Å². The highest BCUT2D eigenvalue weighted by molar-refractivity contribution is 7.90. The van der Waals surface area contributed by atoms with Crippen LogP contribution in [-0.4, -0.2) is 37.5 Å². The third-order valence-electron chi connectivity index (χ3n) is 5.40. The van der Waals surface area contributed by atoms with Gasteiger partial charge in [-0.25, -0.2) is 12.8 Å². The topological polar surface area (TPSA) is 67.4 Å². The van der Waals surface area contributed by atoms with Crippen molar-refractivity contribution in [2.24, 2.45) is 5.92 Å². The minimum Gasteiger partial charge on any atom is -0.297 e. The van der Waals surface area contributed by atoms with Gasteiger partial charge in [-0.15, -0.1) is 11.6 Å². The van der Waals surface area contributed by atoms with Crippen molar-refractivity contribution >= 4 is 21.6 Å². The molecule has 1 heterocycles. The monoisotopic (exact) mass is 368 g/mol. The Balaban J connectivity index is 1.52. The molecule has 23 heavy (non-hydrogen) atoms. The summed E-state index contributed by atoms with van der Waals surface area (Å²) < 4.78 is 41.1. The van der Waals surface area contributed by atoms with Gasteiger partial charge >= 0.3 is 0 Å². The molecule has 3 rings (SSSR count). The van der Waals surface area contributed by atoms with Crippen LogP contribution in [0.3, 0.4) is 0 Å². The van der Waals surface area contributed by atoms with E-state index in [1.807, 2.05) is 0 Å². The first-order chi connectivity index (χ1) is 11.0. The summed E-state index contributed by atoms with van der Waals surface area (Å²) in [5, 5.41) is -1.33. The lowest BCUT2D eigenvalue weighted by atomic mass is 9.84. The van der Waals surface area contributed by atoms with Crippen LogP contribution in [-0.2, 0) is 14.9 Å². The summed E-state index contributed by atoms with van der Waals surface area (Å²) in [5.41, 5.74) is 2.82. The summed E-state index contributed by atoms with van der Waals surface area (Å²) in [6.07, 6.45) is 5.95. The van der Waals surface area contributed by atoms with E-state index in [0.29, 0.717) is 18.8 Å². The van der Waals surface area contributed by atoms with E-state index in [2.05, 4.69) is 10.2 Å². The molecule has 1 aliphatic heterocycles. The highest BCUT2D eigenvalue weighted by atomic mass is 35.5. The molecule has 0 aromatic carbocycles. The average molecular weight is 369 g/mol. The molecule has 0 spiro atoms. The minimum absolute atomic E-state index is 0.0744. The van der Waals surface area contributed by atoms with Gasteiger partial charge in [0.2, 0.25) is 10.0 Å². The fraction of sp³-hybridized carbons (Fsp3) is 1.00. The number of sulfonamides is 1. The van der Waals surface area contributed by atoms with Crippen LogP contribution in [0, 0.1) is 5.92 Å². The molecule has 5 unspecified atom stereocenters. The zero-order valence-electron chi connectivity index (χ0n) is 13.2. The van der Waals surface area contributed by atoms with Gasteiger partial charge in [0.1, 0.15) is 6.17 Å². The maximum Gasteiger partial charge on any atom is 0.215 e. The predicted molar refractivity (Wildman–Crippen MR) is 87.2 cm³/mol. The number of hydroxylamine groups is 1. The van der Waals surface area contributed by atoms with Crippen LogP contribution >= 0.6 is 11.6 Å². The van der Waals surface area contributed by atoms with Gasteiger partial charge in [0.15, 0.2) is 0 Å². The van der Waals surface area contributed by atoms with Gasteiger partial charge in [-0.1, -0.05) is 19.3 Å². The zero-order chi connectivity index (χ0) is 16.4. The normalized spacial score (nSPS) is 40.3. The maximum absolute atomic E-state index is 13.4. The number of rotatable bonds is 4. The van der Waals surface area contributed by atoms with Crippen molar-refractivity contribution in [2.45, 2.75) is 86.9 Å². The molecular formula is C15H26ClFN2O3S. The summed E-state index contributed by atoms with van der Waals surface area (Å²) in [4.78, 5) is 5.61. The maximum atomic E-state index is 13.4. The van der Waals surface area contributed by atoms with E-state index in [1.54, 1.807) is 0 Å². The van der Waals surface area contributed by atoms with E-state index in [1.165, 1.54) is 19.3 Å². The lowest BCUT2D eigenvalue weighted by Gasteiger charge is -2.29. The van der Waals surface area contributed by atoms with Crippen LogP contribution < -0.4 is 10.2 Å². The van der Waals surface area contributed by atoms with Crippen molar-refractivity contribution in [3.63, 3.8) is 0 Å². The fourth-order valence-corrected chi connectivity index (χ4v) is 6.07. The molecule has 5 nitrogen and oxygen atoms in total. The Morgan fingerprint density at radius 3 is 2.52 bits per heavy atom. The van der Waals surface area contributed by atoms with Crippen LogP contribution in [0.1, 0.15) is 57.8 Å². The lowest BCUT2D eigenvalue weighted by Crippen LogP contribution is -2.47. The number of alkyl halides is 2. The molecule has 2 N–H and O–H groups in total. The standard InChI is InChI=1S/C15H26ClFN2O3S/c16-12-8-11(6-7-13(12)17)23(20,21)19-15-9-14(22-18-15)10-4-2-1-3-5-10/h10-15,18-19H,1-9H2. The van der Waals surface area contributed by atoms with Gasteiger partial charge in [0, 0.05) is 6.42 Å². The predicted octanol–water partition coefficient (Wildman–Crippen LogP) is 2.60. The number of halogens is 2. The van der Waals surface area contributed by atoms with Crippen molar-refractivity contribution in [1.29, 1.82) is 0 Å². The SMILES string of the molecule is O=S(=O)(NC1CC(C2CCCCC2)ON1)C1CCC(F)C(Cl)C1. The highest BCUT2D eigenvalue weighted by Gasteiger charge is 2.39. The van der Waals surface area contributed by atoms with E-state index in [-0.39, 0.29) is 18.9 Å². The van der Waals surface area contributed by atoms with Crippen LogP contribution in [0.5, 0.6) is 0 Å². The van der Waals surface area contributed by atoms with Crippen LogP contribution in [0.15, 0.2) is 0 Å². The smallest absolute Gasteiger partial charge is 0.215 e. The average Bonchev–Trinajstić information content (AvgIpc) is 2.98. The quantitative estimate of drug-likeness (QED) is 0.748. The highest BCUT2D eigenvalue weighted by Crippen LogP contribution is 2.33. The van der Waals surface area contributed by atoms with Crippen molar-refractivity contribution in [1.82, 2.24) is 10.2 Å². The van der Waals surface area contributed by atoms with E-state index >= 15 is 0 Å². The van der Waals surface area contributed by atoms with Gasteiger partial charge in [-0.2, -0.15) is 10.2 Å². The summed E-state index contributed by atoms with van der Waals surface area (Å²) in [5.74, 6) is 0.514. The van der Waals surface area contributed by atoms with Crippen molar-refractivity contribution in [3.8, 4) is 0 Å². The summed E-state index contributed by atoms with van der Waals surface area (Å²) in [7, 11) is -3.52. The van der Waals surface area contributed by atoms with Crippen LogP contribution in [0.25, 0.3) is 0 Å². The molecule has 0 bridgehead atoms. The van der Waals surface area contributed by atoms with Gasteiger partial charge < -0.3 is 0 Å². The number of hydrogen-bond acceptors (Lipinski definition) is 4. The molecular weight excluding hydrogens is 343 g/mol. The molecule has 3 aliphatic rings. The lowest BCUT2D eigenvalue weighted by molar-refractivity contribution is -0.0150. The first kappa shape index (κ1) is 17.9. The molecule has 0 radical (unpaired) electrons. The van der Waals surface area contributed by atoms with Crippen molar-refractivity contribution in [2.75, 3.05) is 0 Å². The molecule has 8 heteroatoms. The van der Waals surface area contributed by atoms with Gasteiger partial charge in [-0.3, -0.25) is 4.84 Å². The number of hydrogen-bond donors (Lipinski definition) is 2. The second-order valence-electron chi connectivity index (χ2n) is 7.09. The van der Waals surface area contributed by atoms with Crippen molar-refractivity contribution < 1.29 is 17.6 Å². The molecule has 2 saturated carbocycles. The Labute approximate surface area is 142 Å². The third-order valence-corrected chi connectivity index (χ3v) is 7.77. The molecule has 0 aromatic heterocycles. The minimum atomic E-state index is -3.52. The molecule has 1 saturated heterocycles. The largest absolute Gasteiger partial charge is 0.297 e. The van der Waals surface area contributed by atoms with E-state index in [0.717, 1.165) is 12.8 Å². The summed E-state index contributed by atoms with van der Waals surface area (Å²) in [6, 6.07) is 0. The second-order valence-corrected chi connectivity index (χ2v) is 9.64. The van der Waals surface area contributed by atoms with E-state index < -0.39 is 33.0 Å². The molecule has 5 atom stereocenters. The third kappa shape index (κ3) is 4.37. The molecule has 134 valence electrons. The Bertz CT molecular complexity index is 501. The van der Waals surface area contributed by atoms with E-state index in [4.69, 9.17) is 16.4 Å². The van der Waals surface area contributed by atoms with Crippen LogP contribution in [0.4, 0.5) is 4.39 Å². The molecule has 2 aliphatic carbocycles. The first-order valence-corrected chi connectivity index (χ1v) is 10.6. The van der Waals surface area contributed by atoms with Crippen molar-refractivity contribution in [3.05, 3.63) is 0 Å². The second kappa shape index (κ2) is 7.52. The fourth-order valence-electron chi connectivity index (χ4n) is 3.98. The Hall–Kier alpha value is 0.0500. The summed E-state index contributed by atoms with van der Waals surface area (Å²) >= 11 is 5.90. The van der Waals surface area contributed by atoms with Crippen LogP contribution in [0.2, 0.25) is 0 Å². The molecule has 0 aromatic rings. The van der Waals surface area contributed by atoms with Gasteiger partial charge in [0.25, 0.3) is 0 Å². The summed E-state index contributed by atoms with van der Waals surface area (Å²) in [6.45, 7) is 0. The Kier molecular flexibility index (Phi) is 5.84. The molecule has 3 fully saturated rings. The Morgan fingerprint density at radius 2 is 1.83 bits per heavy atom. The van der Waals surface area contributed by atoms with Gasteiger partial charge in [0.05, 0.1) is 22.9 Å². The number of nitrogens with one attached hydrogen (secondary N) is 2. The van der Waals surface area contributed by atoms with E-state index in [9.17, 15) is 12.8 Å². The Morgan fingerprint density at radius 1 is 1.09 bits per heavy atom. The zero-order valence-corrected chi connectivity index (χ0v) is 14.8. The molecule has 0 amide bonds. The first-order valence-electron chi connectivity index (χ1n) is 8.66.